The number of hydrogen-bond acceptors (Lipinski definition) is 4. The molecule has 8 heteroatoms. The molecular weight excluding hydrogens is 297 g/mol. The Labute approximate surface area is 120 Å². The second-order valence-corrected chi connectivity index (χ2v) is 5.84. The lowest BCUT2D eigenvalue weighted by Gasteiger charge is -2.12. The molecule has 1 heterocycles. The number of pyridine rings is 1. The molecule has 6 nitrogen and oxygen atoms in total. The van der Waals surface area contributed by atoms with Crippen molar-refractivity contribution < 1.29 is 17.6 Å². The molecule has 2 rings (SSSR count). The fourth-order valence-corrected chi connectivity index (χ4v) is 2.91. The van der Waals surface area contributed by atoms with Crippen molar-refractivity contribution in [2.24, 2.45) is 5.73 Å². The Hall–Kier alpha value is -2.48. The third kappa shape index (κ3) is 3.00. The van der Waals surface area contributed by atoms with Gasteiger partial charge in [0.05, 0.1) is 5.69 Å². The summed E-state index contributed by atoms with van der Waals surface area (Å²) in [5, 5.41) is -0.714. The number of nitrogens with zero attached hydrogens (tertiary/aromatic N) is 1. The standard InChI is InChI=1S/C13H12FN3O3S/c1-8-9(12(15)18)4-2-6-11(8)17-21(19,20)13-10(14)5-3-7-16-13/h2-7,17H,1H3,(H2,15,18). The number of nitrogens with one attached hydrogen (secondary N) is 1. The Kier molecular flexibility index (Phi) is 3.90. The van der Waals surface area contributed by atoms with Crippen LogP contribution >= 0.6 is 0 Å². The van der Waals surface area contributed by atoms with Gasteiger partial charge in [0.25, 0.3) is 10.0 Å². The third-order valence-corrected chi connectivity index (χ3v) is 4.12. The van der Waals surface area contributed by atoms with Crippen molar-refractivity contribution in [2.75, 3.05) is 4.72 Å². The monoisotopic (exact) mass is 309 g/mol. The van der Waals surface area contributed by atoms with E-state index in [1.807, 2.05) is 0 Å². The highest BCUT2D eigenvalue weighted by Gasteiger charge is 2.22. The molecule has 0 unspecified atom stereocenters. The normalized spacial score (nSPS) is 11.1. The molecule has 2 aromatic rings. The molecular formula is C13H12FN3O3S. The highest BCUT2D eigenvalue weighted by Crippen LogP contribution is 2.22. The number of nitrogens with two attached hydrogens (primary N) is 1. The molecule has 1 aromatic heterocycles. The summed E-state index contributed by atoms with van der Waals surface area (Å²) in [6.07, 6.45) is 1.17. The maximum atomic E-state index is 13.5. The van der Waals surface area contributed by atoms with Gasteiger partial charge in [0.15, 0.2) is 5.82 Å². The summed E-state index contributed by atoms with van der Waals surface area (Å²) in [5.41, 5.74) is 5.86. The van der Waals surface area contributed by atoms with Gasteiger partial charge in [-0.3, -0.25) is 9.52 Å². The highest BCUT2D eigenvalue weighted by atomic mass is 32.2. The lowest BCUT2D eigenvalue weighted by Crippen LogP contribution is -2.19. The minimum absolute atomic E-state index is 0.136. The number of anilines is 1. The number of benzene rings is 1. The van der Waals surface area contributed by atoms with Gasteiger partial charge < -0.3 is 5.73 Å². The maximum Gasteiger partial charge on any atom is 0.282 e. The number of aromatic nitrogens is 1. The van der Waals surface area contributed by atoms with Crippen molar-refractivity contribution in [2.45, 2.75) is 11.9 Å². The van der Waals surface area contributed by atoms with Crippen LogP contribution in [0.3, 0.4) is 0 Å². The van der Waals surface area contributed by atoms with Crippen molar-refractivity contribution >= 4 is 21.6 Å². The molecule has 3 N–H and O–H groups in total. The maximum absolute atomic E-state index is 13.5. The first-order valence-electron chi connectivity index (χ1n) is 5.85. The highest BCUT2D eigenvalue weighted by molar-refractivity contribution is 7.92. The summed E-state index contributed by atoms with van der Waals surface area (Å²) < 4.78 is 40.0. The lowest BCUT2D eigenvalue weighted by atomic mass is 10.1. The number of carbonyl (C=O) groups excluding carboxylic acids is 1. The minimum Gasteiger partial charge on any atom is -0.366 e. The molecule has 1 amide bonds. The van der Waals surface area contributed by atoms with E-state index >= 15 is 0 Å². The molecule has 0 aliphatic rings. The van der Waals surface area contributed by atoms with Crippen LogP contribution in [0.25, 0.3) is 0 Å². The van der Waals surface area contributed by atoms with Crippen LogP contribution in [-0.2, 0) is 10.0 Å². The average Bonchev–Trinajstić information content (AvgIpc) is 2.41. The summed E-state index contributed by atoms with van der Waals surface area (Å²) in [6.45, 7) is 1.53. The van der Waals surface area contributed by atoms with E-state index < -0.39 is 26.8 Å². The zero-order chi connectivity index (χ0) is 15.6. The number of carbonyl (C=O) groups is 1. The molecule has 0 aliphatic heterocycles. The predicted octanol–water partition coefficient (Wildman–Crippen LogP) is 1.43. The molecule has 0 atom stereocenters. The summed E-state index contributed by atoms with van der Waals surface area (Å²) >= 11 is 0. The van der Waals surface area contributed by atoms with Crippen LogP contribution in [0.2, 0.25) is 0 Å². The largest absolute Gasteiger partial charge is 0.366 e. The van der Waals surface area contributed by atoms with E-state index in [2.05, 4.69) is 9.71 Å². The Morgan fingerprint density at radius 3 is 2.62 bits per heavy atom. The number of hydrogen-bond donors (Lipinski definition) is 2. The fourth-order valence-electron chi connectivity index (χ4n) is 1.78. The predicted molar refractivity (Wildman–Crippen MR) is 74.7 cm³/mol. The number of rotatable bonds is 4. The van der Waals surface area contributed by atoms with E-state index in [1.54, 1.807) is 0 Å². The number of halogens is 1. The second kappa shape index (κ2) is 5.49. The summed E-state index contributed by atoms with van der Waals surface area (Å²) in [7, 11) is -4.20. The van der Waals surface area contributed by atoms with E-state index in [0.29, 0.717) is 5.56 Å². The fraction of sp³-hybridized carbons (Fsp3) is 0.0769. The first kappa shape index (κ1) is 14.9. The number of amides is 1. The van der Waals surface area contributed by atoms with Gasteiger partial charge in [-0.05, 0) is 36.8 Å². The van der Waals surface area contributed by atoms with Gasteiger partial charge in [-0.15, -0.1) is 0 Å². The Balaban J connectivity index is 2.45. The van der Waals surface area contributed by atoms with E-state index in [-0.39, 0.29) is 11.3 Å². The topological polar surface area (TPSA) is 102 Å². The second-order valence-electron chi connectivity index (χ2n) is 4.24. The summed E-state index contributed by atoms with van der Waals surface area (Å²) in [6, 6.07) is 6.66. The molecule has 0 fully saturated rings. The smallest absolute Gasteiger partial charge is 0.282 e. The average molecular weight is 309 g/mol. The molecule has 0 bridgehead atoms. The SMILES string of the molecule is Cc1c(NS(=O)(=O)c2ncccc2F)cccc1C(N)=O. The molecule has 0 saturated heterocycles. The van der Waals surface area contributed by atoms with Gasteiger partial charge in [-0.1, -0.05) is 6.07 Å². The van der Waals surface area contributed by atoms with Crippen molar-refractivity contribution in [1.29, 1.82) is 0 Å². The first-order chi connectivity index (χ1) is 9.83. The third-order valence-electron chi connectivity index (χ3n) is 2.82. The summed E-state index contributed by atoms with van der Waals surface area (Å²) in [4.78, 5) is 14.8. The molecule has 0 spiro atoms. The van der Waals surface area contributed by atoms with Gasteiger partial charge in [-0.2, -0.15) is 8.42 Å². The Morgan fingerprint density at radius 1 is 1.29 bits per heavy atom. The quantitative estimate of drug-likeness (QED) is 0.891. The molecule has 0 saturated carbocycles. The molecule has 0 aliphatic carbocycles. The van der Waals surface area contributed by atoms with Gasteiger partial charge >= 0.3 is 0 Å². The van der Waals surface area contributed by atoms with Crippen LogP contribution < -0.4 is 10.5 Å². The van der Waals surface area contributed by atoms with E-state index in [4.69, 9.17) is 5.73 Å². The van der Waals surface area contributed by atoms with Crippen LogP contribution in [0.15, 0.2) is 41.6 Å². The molecule has 0 radical (unpaired) electrons. The Morgan fingerprint density at radius 2 is 2.00 bits per heavy atom. The van der Waals surface area contributed by atoms with Crippen LogP contribution in [0.5, 0.6) is 0 Å². The van der Waals surface area contributed by atoms with Crippen LogP contribution in [0.4, 0.5) is 10.1 Å². The molecule has 21 heavy (non-hydrogen) atoms. The van der Waals surface area contributed by atoms with Crippen molar-refractivity contribution in [1.82, 2.24) is 4.98 Å². The van der Waals surface area contributed by atoms with Gasteiger partial charge in [0, 0.05) is 11.8 Å². The van der Waals surface area contributed by atoms with Crippen LogP contribution in [0.1, 0.15) is 15.9 Å². The number of primary amides is 1. The van der Waals surface area contributed by atoms with Gasteiger partial charge in [0.1, 0.15) is 0 Å². The zero-order valence-electron chi connectivity index (χ0n) is 11.0. The minimum atomic E-state index is -4.20. The van der Waals surface area contributed by atoms with Crippen LogP contribution in [-0.4, -0.2) is 19.3 Å². The van der Waals surface area contributed by atoms with E-state index in [1.165, 1.54) is 37.4 Å². The van der Waals surface area contributed by atoms with Crippen molar-refractivity contribution in [3.05, 3.63) is 53.5 Å². The number of sulfonamides is 1. The van der Waals surface area contributed by atoms with Gasteiger partial charge in [0.2, 0.25) is 10.9 Å². The first-order valence-corrected chi connectivity index (χ1v) is 7.34. The van der Waals surface area contributed by atoms with Crippen molar-refractivity contribution in [3.8, 4) is 0 Å². The zero-order valence-corrected chi connectivity index (χ0v) is 11.8. The van der Waals surface area contributed by atoms with Gasteiger partial charge in [-0.25, -0.2) is 9.37 Å². The van der Waals surface area contributed by atoms with E-state index in [9.17, 15) is 17.6 Å². The van der Waals surface area contributed by atoms with Crippen molar-refractivity contribution in [3.63, 3.8) is 0 Å². The Bertz CT molecular complexity index is 806. The summed E-state index contributed by atoms with van der Waals surface area (Å²) in [5.74, 6) is -1.65. The van der Waals surface area contributed by atoms with E-state index in [0.717, 1.165) is 6.07 Å². The molecule has 1 aromatic carbocycles. The lowest BCUT2D eigenvalue weighted by molar-refractivity contribution is 0.0999. The van der Waals surface area contributed by atoms with Crippen LogP contribution in [0, 0.1) is 12.7 Å². The molecule has 110 valence electrons.